The number of hydrogen-bond acceptors (Lipinski definition) is 3. The van der Waals surface area contributed by atoms with Crippen molar-refractivity contribution >= 4 is 5.65 Å². The van der Waals surface area contributed by atoms with Gasteiger partial charge in [0.2, 0.25) is 5.88 Å². The fourth-order valence-corrected chi connectivity index (χ4v) is 1.49. The van der Waals surface area contributed by atoms with Gasteiger partial charge in [-0.2, -0.15) is 0 Å². The van der Waals surface area contributed by atoms with Gasteiger partial charge in [-0.1, -0.05) is 6.07 Å². The van der Waals surface area contributed by atoms with Crippen molar-refractivity contribution in [2.75, 3.05) is 6.61 Å². The summed E-state index contributed by atoms with van der Waals surface area (Å²) < 4.78 is 7.38. The van der Waals surface area contributed by atoms with Crippen LogP contribution in [0.4, 0.5) is 0 Å². The van der Waals surface area contributed by atoms with Gasteiger partial charge in [0.25, 0.3) is 0 Å². The van der Waals surface area contributed by atoms with Crippen LogP contribution in [0.3, 0.4) is 0 Å². The largest absolute Gasteiger partial charge is 0.478 e. The van der Waals surface area contributed by atoms with Crippen molar-refractivity contribution in [3.8, 4) is 5.88 Å². The topological polar surface area (TPSA) is 39.4 Å². The van der Waals surface area contributed by atoms with Gasteiger partial charge in [0.05, 0.1) is 6.61 Å². The highest BCUT2D eigenvalue weighted by Crippen LogP contribution is 2.19. The number of pyridine rings is 1. The third kappa shape index (κ3) is 0.617. The lowest BCUT2D eigenvalue weighted by Gasteiger charge is -2.13. The minimum absolute atomic E-state index is 0.706. The van der Waals surface area contributed by atoms with Crippen LogP contribution in [0, 0.1) is 0 Å². The maximum absolute atomic E-state index is 5.44. The van der Waals surface area contributed by atoms with Crippen LogP contribution in [0.5, 0.6) is 5.88 Å². The summed E-state index contributed by atoms with van der Waals surface area (Å²) in [6.45, 7) is 0.706. The molecule has 0 radical (unpaired) electrons. The maximum Gasteiger partial charge on any atom is 0.200 e. The lowest BCUT2D eigenvalue weighted by Crippen LogP contribution is -2.13. The molecule has 3 heterocycles. The Morgan fingerprint density at radius 2 is 2.33 bits per heavy atom. The molecule has 2 aromatic heterocycles. The highest BCUT2D eigenvalue weighted by molar-refractivity contribution is 5.42. The number of hydrogen-bond donors (Lipinski definition) is 0. The van der Waals surface area contributed by atoms with Crippen molar-refractivity contribution in [1.29, 1.82) is 0 Å². The van der Waals surface area contributed by atoms with Gasteiger partial charge in [0, 0.05) is 6.42 Å². The van der Waals surface area contributed by atoms with E-state index in [0.29, 0.717) is 6.61 Å². The Labute approximate surface area is 68.8 Å². The first-order valence-corrected chi connectivity index (χ1v) is 3.91. The highest BCUT2D eigenvalue weighted by atomic mass is 16.5. The maximum atomic E-state index is 5.44. The minimum atomic E-state index is 0.706. The summed E-state index contributed by atoms with van der Waals surface area (Å²) in [4.78, 5) is 0. The van der Waals surface area contributed by atoms with Crippen LogP contribution in [0.2, 0.25) is 0 Å². The first-order chi connectivity index (χ1) is 5.95. The van der Waals surface area contributed by atoms with Crippen molar-refractivity contribution in [1.82, 2.24) is 14.6 Å². The fourth-order valence-electron chi connectivity index (χ4n) is 1.49. The zero-order chi connectivity index (χ0) is 7.97. The van der Waals surface area contributed by atoms with Gasteiger partial charge < -0.3 is 4.74 Å². The molecule has 1 aliphatic rings. The Bertz CT molecular complexity index is 435. The fraction of sp³-hybridized carbons (Fsp3) is 0.250. The molecule has 0 saturated heterocycles. The van der Waals surface area contributed by atoms with Crippen LogP contribution in [-0.4, -0.2) is 21.2 Å². The molecule has 0 bridgehead atoms. The Morgan fingerprint density at radius 1 is 1.33 bits per heavy atom. The van der Waals surface area contributed by atoms with E-state index in [-0.39, 0.29) is 0 Å². The van der Waals surface area contributed by atoms with Crippen LogP contribution in [0.25, 0.3) is 5.65 Å². The molecule has 60 valence electrons. The monoisotopic (exact) mass is 161 g/mol. The Hall–Kier alpha value is -1.58. The van der Waals surface area contributed by atoms with Gasteiger partial charge >= 0.3 is 0 Å². The molecule has 12 heavy (non-hydrogen) atoms. The molecule has 2 aromatic rings. The molecule has 0 fully saturated rings. The van der Waals surface area contributed by atoms with Crippen LogP contribution >= 0.6 is 0 Å². The second kappa shape index (κ2) is 1.97. The molecule has 0 amide bonds. The normalized spacial score (nSPS) is 14.7. The van der Waals surface area contributed by atoms with Crippen molar-refractivity contribution in [2.45, 2.75) is 6.42 Å². The smallest absolute Gasteiger partial charge is 0.200 e. The van der Waals surface area contributed by atoms with Crippen LogP contribution in [0.15, 0.2) is 18.2 Å². The average Bonchev–Trinajstić information content (AvgIpc) is 2.52. The molecular weight excluding hydrogens is 154 g/mol. The van der Waals surface area contributed by atoms with Gasteiger partial charge in [0.1, 0.15) is 5.82 Å². The number of rotatable bonds is 0. The highest BCUT2D eigenvalue weighted by Gasteiger charge is 2.14. The van der Waals surface area contributed by atoms with E-state index in [2.05, 4.69) is 10.2 Å². The molecule has 4 nitrogen and oxygen atoms in total. The first-order valence-electron chi connectivity index (χ1n) is 3.91. The Balaban J connectivity index is 2.50. The molecule has 1 aliphatic heterocycles. The van der Waals surface area contributed by atoms with Crippen molar-refractivity contribution < 1.29 is 4.74 Å². The van der Waals surface area contributed by atoms with Crippen molar-refractivity contribution in [3.05, 3.63) is 24.0 Å². The second-order valence-corrected chi connectivity index (χ2v) is 2.77. The van der Waals surface area contributed by atoms with Gasteiger partial charge in [-0.3, -0.25) is 0 Å². The van der Waals surface area contributed by atoms with Crippen LogP contribution < -0.4 is 4.74 Å². The number of nitrogens with zero attached hydrogens (tertiary/aromatic N) is 3. The molecule has 0 saturated carbocycles. The third-order valence-corrected chi connectivity index (χ3v) is 2.04. The summed E-state index contributed by atoms with van der Waals surface area (Å²) in [7, 11) is 0. The predicted molar refractivity (Wildman–Crippen MR) is 42.2 cm³/mol. The van der Waals surface area contributed by atoms with E-state index < -0.39 is 0 Å². The van der Waals surface area contributed by atoms with Gasteiger partial charge in [-0.25, -0.2) is 4.40 Å². The standard InChI is InChI=1S/C8H7N3O/c1-2-6-9-10-7-4-5-12-8(3-1)11(6)7/h1-3H,4-5H2. The van der Waals surface area contributed by atoms with Gasteiger partial charge in [-0.05, 0) is 12.1 Å². The molecule has 4 heteroatoms. The van der Waals surface area contributed by atoms with Crippen molar-refractivity contribution in [3.63, 3.8) is 0 Å². The Kier molecular flexibility index (Phi) is 0.983. The summed E-state index contributed by atoms with van der Waals surface area (Å²) in [5.74, 6) is 1.84. The molecule has 0 spiro atoms. The molecule has 0 aromatic carbocycles. The van der Waals surface area contributed by atoms with Gasteiger partial charge in [-0.15, -0.1) is 10.2 Å². The molecule has 0 N–H and O–H groups in total. The molecule has 0 aliphatic carbocycles. The SMILES string of the molecule is c1cc2n3c(nnc3c1)CCO2. The van der Waals surface area contributed by atoms with Gasteiger partial charge in [0.15, 0.2) is 5.65 Å². The van der Waals surface area contributed by atoms with E-state index in [1.54, 1.807) is 0 Å². The number of ether oxygens (including phenoxy) is 1. The van der Waals surface area contributed by atoms with Crippen LogP contribution in [-0.2, 0) is 6.42 Å². The summed E-state index contributed by atoms with van der Waals surface area (Å²) in [5, 5.41) is 8.08. The zero-order valence-corrected chi connectivity index (χ0v) is 6.40. The summed E-state index contributed by atoms with van der Waals surface area (Å²) in [5.41, 5.74) is 0.863. The van der Waals surface area contributed by atoms with E-state index in [1.807, 2.05) is 22.6 Å². The van der Waals surface area contributed by atoms with E-state index in [4.69, 9.17) is 4.74 Å². The van der Waals surface area contributed by atoms with E-state index in [1.165, 1.54) is 0 Å². The third-order valence-electron chi connectivity index (χ3n) is 2.04. The lowest BCUT2D eigenvalue weighted by molar-refractivity contribution is 0.282. The summed E-state index contributed by atoms with van der Waals surface area (Å²) in [6.07, 6.45) is 0.845. The quantitative estimate of drug-likeness (QED) is 0.570. The summed E-state index contributed by atoms with van der Waals surface area (Å²) in [6, 6.07) is 5.78. The van der Waals surface area contributed by atoms with Crippen molar-refractivity contribution in [2.24, 2.45) is 0 Å². The lowest BCUT2D eigenvalue weighted by atomic mass is 10.3. The van der Waals surface area contributed by atoms with E-state index in [9.17, 15) is 0 Å². The number of aromatic nitrogens is 3. The summed E-state index contributed by atoms with van der Waals surface area (Å²) >= 11 is 0. The second-order valence-electron chi connectivity index (χ2n) is 2.77. The molecule has 0 unspecified atom stereocenters. The molecule has 0 atom stereocenters. The average molecular weight is 161 g/mol. The first kappa shape index (κ1) is 5.99. The Morgan fingerprint density at radius 3 is 3.33 bits per heavy atom. The zero-order valence-electron chi connectivity index (χ0n) is 6.40. The van der Waals surface area contributed by atoms with E-state index >= 15 is 0 Å². The molecule has 3 rings (SSSR count). The van der Waals surface area contributed by atoms with E-state index in [0.717, 1.165) is 23.8 Å². The van der Waals surface area contributed by atoms with Crippen LogP contribution in [0.1, 0.15) is 5.82 Å². The molecular formula is C8H7N3O. The predicted octanol–water partition coefficient (Wildman–Crippen LogP) is 0.664. The minimum Gasteiger partial charge on any atom is -0.478 e.